The second kappa shape index (κ2) is 16.7. The van der Waals surface area contributed by atoms with E-state index in [1.807, 2.05) is 0 Å². The van der Waals surface area contributed by atoms with E-state index in [1.54, 1.807) is 0 Å². The lowest BCUT2D eigenvalue weighted by atomic mass is 10.1. The van der Waals surface area contributed by atoms with Crippen LogP contribution in [-0.4, -0.2) is 16.4 Å². The third kappa shape index (κ3) is 21.0. The molecule has 0 aliphatic carbocycles. The molecule has 0 heterocycles. The first-order chi connectivity index (χ1) is 8.56. The largest absolute Gasteiger partial charge is 0.478 e. The lowest BCUT2D eigenvalue weighted by Gasteiger charge is -1.99. The summed E-state index contributed by atoms with van der Waals surface area (Å²) in [6.45, 7) is 6.88. The van der Waals surface area contributed by atoms with E-state index >= 15 is 0 Å². The number of unbranched alkanes of at least 4 members (excludes halogenated alkanes) is 8. The molecule has 0 aromatic rings. The standard InChI is InChI=1S/C11H23Br.C4H6O2/c1-2-3-4-5-6-7-8-9-10-11-12;1-3(2)4(5)6/h2-11H2,1H3;1H2,2H3,(H,5,6). The van der Waals surface area contributed by atoms with Crippen molar-refractivity contribution in [3.05, 3.63) is 12.2 Å². The Labute approximate surface area is 121 Å². The van der Waals surface area contributed by atoms with Gasteiger partial charge in [0.05, 0.1) is 0 Å². The van der Waals surface area contributed by atoms with Crippen molar-refractivity contribution in [2.75, 3.05) is 5.33 Å². The molecule has 0 unspecified atom stereocenters. The van der Waals surface area contributed by atoms with Crippen LogP contribution in [-0.2, 0) is 4.79 Å². The van der Waals surface area contributed by atoms with Gasteiger partial charge in [-0.25, -0.2) is 4.79 Å². The first kappa shape index (κ1) is 20.0. The maximum atomic E-state index is 9.60. The Bertz CT molecular complexity index is 181. The maximum Gasteiger partial charge on any atom is 0.330 e. The van der Waals surface area contributed by atoms with Gasteiger partial charge in [-0.05, 0) is 13.3 Å². The highest BCUT2D eigenvalue weighted by Crippen LogP contribution is 2.09. The summed E-state index contributed by atoms with van der Waals surface area (Å²) in [6, 6.07) is 0. The van der Waals surface area contributed by atoms with E-state index in [1.165, 1.54) is 70.0 Å². The molecule has 0 bridgehead atoms. The second-order valence-corrected chi connectivity index (χ2v) is 5.40. The SMILES string of the molecule is C=C(C)C(=O)O.CCCCCCCCCCCBr. The molecule has 0 aliphatic rings. The van der Waals surface area contributed by atoms with Crippen LogP contribution in [0.5, 0.6) is 0 Å². The summed E-state index contributed by atoms with van der Waals surface area (Å²) < 4.78 is 0. The Morgan fingerprint density at radius 2 is 1.33 bits per heavy atom. The lowest BCUT2D eigenvalue weighted by molar-refractivity contribution is -0.132. The Morgan fingerprint density at radius 1 is 1.00 bits per heavy atom. The third-order valence-corrected chi connectivity index (χ3v) is 3.16. The fourth-order valence-electron chi connectivity index (χ4n) is 1.41. The second-order valence-electron chi connectivity index (χ2n) is 4.60. The van der Waals surface area contributed by atoms with E-state index < -0.39 is 5.97 Å². The molecule has 0 saturated heterocycles. The number of carbonyl (C=O) groups is 1. The monoisotopic (exact) mass is 320 g/mol. The minimum Gasteiger partial charge on any atom is -0.478 e. The van der Waals surface area contributed by atoms with E-state index in [4.69, 9.17) is 5.11 Å². The highest BCUT2D eigenvalue weighted by Gasteiger charge is 1.91. The molecule has 0 atom stereocenters. The summed E-state index contributed by atoms with van der Waals surface area (Å²) in [5, 5.41) is 9.07. The minimum absolute atomic E-state index is 0.176. The maximum absolute atomic E-state index is 9.60. The highest BCUT2D eigenvalue weighted by molar-refractivity contribution is 9.09. The number of carboxylic acids is 1. The van der Waals surface area contributed by atoms with Crippen molar-refractivity contribution in [2.45, 2.75) is 71.6 Å². The number of aliphatic carboxylic acids is 1. The van der Waals surface area contributed by atoms with E-state index in [0.717, 1.165) is 0 Å². The van der Waals surface area contributed by atoms with Crippen LogP contribution in [0.15, 0.2) is 12.2 Å². The number of alkyl halides is 1. The van der Waals surface area contributed by atoms with Gasteiger partial charge in [-0.1, -0.05) is 80.8 Å². The van der Waals surface area contributed by atoms with Gasteiger partial charge in [0.2, 0.25) is 0 Å². The van der Waals surface area contributed by atoms with Gasteiger partial charge in [0, 0.05) is 10.9 Å². The summed E-state index contributed by atoms with van der Waals surface area (Å²) in [5.41, 5.74) is 0.176. The molecular weight excluding hydrogens is 292 g/mol. The molecule has 0 radical (unpaired) electrons. The number of hydrogen-bond acceptors (Lipinski definition) is 1. The lowest BCUT2D eigenvalue weighted by Crippen LogP contribution is -1.92. The molecule has 0 saturated carbocycles. The summed E-state index contributed by atoms with van der Waals surface area (Å²) >= 11 is 3.45. The van der Waals surface area contributed by atoms with Crippen LogP contribution in [0.2, 0.25) is 0 Å². The Hall–Kier alpha value is -0.310. The molecule has 0 rings (SSSR count). The smallest absolute Gasteiger partial charge is 0.330 e. The van der Waals surface area contributed by atoms with Gasteiger partial charge < -0.3 is 5.11 Å². The van der Waals surface area contributed by atoms with Crippen molar-refractivity contribution in [1.82, 2.24) is 0 Å². The number of rotatable bonds is 10. The van der Waals surface area contributed by atoms with Crippen LogP contribution in [0, 0.1) is 0 Å². The molecule has 108 valence electrons. The van der Waals surface area contributed by atoms with Crippen LogP contribution < -0.4 is 0 Å². The van der Waals surface area contributed by atoms with Crippen LogP contribution in [0.4, 0.5) is 0 Å². The summed E-state index contributed by atoms with van der Waals surface area (Å²) in [7, 11) is 0. The Kier molecular flexibility index (Phi) is 18.6. The van der Waals surface area contributed by atoms with Crippen molar-refractivity contribution in [3.8, 4) is 0 Å². The predicted molar refractivity (Wildman–Crippen MR) is 83.5 cm³/mol. The normalized spacial score (nSPS) is 9.50. The van der Waals surface area contributed by atoms with E-state index in [-0.39, 0.29) is 5.57 Å². The van der Waals surface area contributed by atoms with Crippen LogP contribution >= 0.6 is 15.9 Å². The van der Waals surface area contributed by atoms with Crippen molar-refractivity contribution in [3.63, 3.8) is 0 Å². The zero-order valence-corrected chi connectivity index (χ0v) is 13.6. The zero-order valence-electron chi connectivity index (χ0n) is 12.0. The van der Waals surface area contributed by atoms with Gasteiger partial charge in [0.1, 0.15) is 0 Å². The molecule has 1 N–H and O–H groups in total. The fraction of sp³-hybridized carbons (Fsp3) is 0.800. The van der Waals surface area contributed by atoms with E-state index in [9.17, 15) is 4.79 Å². The number of carboxylic acid groups (broad SMARTS) is 1. The molecule has 2 nitrogen and oxygen atoms in total. The van der Waals surface area contributed by atoms with Crippen molar-refractivity contribution < 1.29 is 9.90 Å². The Balaban J connectivity index is 0. The van der Waals surface area contributed by atoms with Crippen LogP contribution in [0.3, 0.4) is 0 Å². The van der Waals surface area contributed by atoms with Crippen molar-refractivity contribution >= 4 is 21.9 Å². The molecule has 0 spiro atoms. The highest BCUT2D eigenvalue weighted by atomic mass is 79.9. The fourth-order valence-corrected chi connectivity index (χ4v) is 1.80. The van der Waals surface area contributed by atoms with Gasteiger partial charge in [-0.2, -0.15) is 0 Å². The molecule has 18 heavy (non-hydrogen) atoms. The molecule has 0 aromatic carbocycles. The molecule has 0 amide bonds. The summed E-state index contributed by atoms with van der Waals surface area (Å²) in [4.78, 5) is 9.60. The van der Waals surface area contributed by atoms with Gasteiger partial charge >= 0.3 is 5.97 Å². The first-order valence-electron chi connectivity index (χ1n) is 7.01. The first-order valence-corrected chi connectivity index (χ1v) is 8.13. The third-order valence-electron chi connectivity index (χ3n) is 2.60. The minimum atomic E-state index is -0.935. The van der Waals surface area contributed by atoms with Gasteiger partial charge in [-0.15, -0.1) is 0 Å². The molecule has 0 fully saturated rings. The number of halogens is 1. The summed E-state index contributed by atoms with van der Waals surface area (Å²) in [5.74, 6) is -0.935. The Morgan fingerprint density at radius 3 is 1.61 bits per heavy atom. The molecule has 3 heteroatoms. The molecule has 0 aromatic heterocycles. The predicted octanol–water partition coefficient (Wildman–Crippen LogP) is 5.56. The quantitative estimate of drug-likeness (QED) is 0.325. The van der Waals surface area contributed by atoms with Gasteiger partial charge in [-0.3, -0.25) is 0 Å². The number of hydrogen-bond donors (Lipinski definition) is 1. The van der Waals surface area contributed by atoms with Crippen molar-refractivity contribution in [2.24, 2.45) is 0 Å². The van der Waals surface area contributed by atoms with Crippen molar-refractivity contribution in [1.29, 1.82) is 0 Å². The topological polar surface area (TPSA) is 37.3 Å². The van der Waals surface area contributed by atoms with Gasteiger partial charge in [0.25, 0.3) is 0 Å². The van der Waals surface area contributed by atoms with E-state index in [2.05, 4.69) is 29.4 Å². The average Bonchev–Trinajstić information content (AvgIpc) is 2.33. The molecule has 0 aliphatic heterocycles. The van der Waals surface area contributed by atoms with Gasteiger partial charge in [0.15, 0.2) is 0 Å². The van der Waals surface area contributed by atoms with Crippen LogP contribution in [0.1, 0.15) is 71.6 Å². The van der Waals surface area contributed by atoms with E-state index in [0.29, 0.717) is 0 Å². The summed E-state index contributed by atoms with van der Waals surface area (Å²) in [6.07, 6.45) is 12.8. The average molecular weight is 321 g/mol. The zero-order chi connectivity index (χ0) is 14.2. The van der Waals surface area contributed by atoms with Crippen LogP contribution in [0.25, 0.3) is 0 Å². The molecular formula is C15H29BrO2.